The molecule has 0 bridgehead atoms. The van der Waals surface area contributed by atoms with E-state index in [1.807, 2.05) is 0 Å². The van der Waals surface area contributed by atoms with Crippen LogP contribution in [0.3, 0.4) is 0 Å². The van der Waals surface area contributed by atoms with Crippen LogP contribution < -0.4 is 37.6 Å². The van der Waals surface area contributed by atoms with Crippen molar-refractivity contribution in [2.24, 2.45) is 17.6 Å². The lowest BCUT2D eigenvalue weighted by atomic mass is 9.90. The summed E-state index contributed by atoms with van der Waals surface area (Å²) >= 11 is 0. The number of carbonyl (C=O) groups excluding carboxylic acids is 9. The van der Waals surface area contributed by atoms with Crippen molar-refractivity contribution in [2.45, 2.75) is 300 Å². The molecule has 6 fully saturated rings. The van der Waals surface area contributed by atoms with E-state index in [0.717, 1.165) is 0 Å². The van der Waals surface area contributed by atoms with Crippen LogP contribution in [0.5, 0.6) is 0 Å². The lowest BCUT2D eigenvalue weighted by Gasteiger charge is -2.46. The quantitative estimate of drug-likeness (QED) is 0.0251. The van der Waals surface area contributed by atoms with E-state index in [4.69, 9.17) is 62.6 Å². The number of unbranched alkanes of at least 4 members (excludes halogenated alkanes) is 2. The zero-order valence-electron chi connectivity index (χ0n) is 68.3. The van der Waals surface area contributed by atoms with Crippen molar-refractivity contribution in [3.63, 3.8) is 0 Å². The summed E-state index contributed by atoms with van der Waals surface area (Å²) in [5, 5.41) is 244. The number of aliphatic hydroxyl groups excluding tert-OH is 22. The van der Waals surface area contributed by atoms with Gasteiger partial charge in [0, 0.05) is 83.0 Å². The molecule has 50 nitrogen and oxygen atoms in total. The number of nitrogens with two attached hydrogens (primary N) is 1. The number of Topliss-reactive ketones (excluding diaryl/α,β-unsaturated/α-hetero) is 3. The van der Waals surface area contributed by atoms with Gasteiger partial charge in [-0.2, -0.15) is 0 Å². The van der Waals surface area contributed by atoms with Crippen LogP contribution in [0.4, 0.5) is 0 Å². The van der Waals surface area contributed by atoms with Gasteiger partial charge >= 0.3 is 0 Å². The smallest absolute Gasteiger partial charge is 0.224 e. The van der Waals surface area contributed by atoms with Crippen LogP contribution in [0.1, 0.15) is 103 Å². The molecule has 0 unspecified atom stereocenters. The lowest BCUT2D eigenvalue weighted by Crippen LogP contribution is -2.65. The number of amides is 6. The summed E-state index contributed by atoms with van der Waals surface area (Å²) in [7, 11) is 0. The molecule has 716 valence electrons. The van der Waals surface area contributed by atoms with Crippen molar-refractivity contribution in [3.8, 4) is 0 Å². The fourth-order valence-electron chi connectivity index (χ4n) is 14.2. The van der Waals surface area contributed by atoms with Crippen molar-refractivity contribution in [2.75, 3.05) is 98.8 Å². The molecule has 6 rings (SSSR count). The van der Waals surface area contributed by atoms with E-state index in [-0.39, 0.29) is 51.1 Å². The van der Waals surface area contributed by atoms with Crippen LogP contribution >= 0.6 is 0 Å². The maximum atomic E-state index is 15.1. The van der Waals surface area contributed by atoms with Crippen LogP contribution in [0, 0.1) is 11.8 Å². The Balaban J connectivity index is 1.26. The molecule has 0 radical (unpaired) electrons. The Morgan fingerprint density at radius 2 is 0.685 bits per heavy atom. The highest BCUT2D eigenvalue weighted by Gasteiger charge is 2.54. The summed E-state index contributed by atoms with van der Waals surface area (Å²) in [6.07, 6.45) is -57.4. The molecule has 0 saturated carbocycles. The van der Waals surface area contributed by atoms with Crippen LogP contribution in [0.25, 0.3) is 0 Å². The van der Waals surface area contributed by atoms with E-state index in [1.54, 1.807) is 0 Å². The van der Waals surface area contributed by atoms with Crippen molar-refractivity contribution in [1.29, 1.82) is 0 Å². The van der Waals surface area contributed by atoms with Gasteiger partial charge < -0.3 is 207 Å². The van der Waals surface area contributed by atoms with Gasteiger partial charge in [0.05, 0.1) is 78.2 Å². The van der Waals surface area contributed by atoms with Crippen molar-refractivity contribution >= 4 is 52.8 Å². The third-order valence-corrected chi connectivity index (χ3v) is 21.8. The molecule has 0 aromatic carbocycles. The molecule has 0 aromatic heterocycles. The number of hydrogen-bond donors (Lipinski definition) is 29. The van der Waals surface area contributed by atoms with Gasteiger partial charge in [0.15, 0.2) is 49.3 Å². The molecule has 34 atom stereocenters. The van der Waals surface area contributed by atoms with E-state index in [0.29, 0.717) is 25.8 Å². The lowest BCUT2D eigenvalue weighted by molar-refractivity contribution is -0.366. The normalized spacial score (nSPS) is 34.9. The minimum atomic E-state index is -2.15. The average molecular weight is 1800 g/mol. The van der Waals surface area contributed by atoms with Gasteiger partial charge in [0.2, 0.25) is 35.4 Å². The fourth-order valence-corrected chi connectivity index (χ4v) is 14.2. The van der Waals surface area contributed by atoms with Gasteiger partial charge in [0.1, 0.15) is 152 Å². The second-order valence-corrected chi connectivity index (χ2v) is 31.0. The third kappa shape index (κ3) is 31.9. The first-order valence-electron chi connectivity index (χ1n) is 41.2. The summed E-state index contributed by atoms with van der Waals surface area (Å²) in [5.41, 5.74) is 5.59. The average Bonchev–Trinajstić information content (AvgIpc) is 0.776. The molecule has 30 N–H and O–H groups in total. The maximum absolute atomic E-state index is 15.1. The Morgan fingerprint density at radius 1 is 0.331 bits per heavy atom. The zero-order chi connectivity index (χ0) is 91.8. The van der Waals surface area contributed by atoms with E-state index < -0.39 is 379 Å². The molecule has 0 aliphatic carbocycles. The number of rotatable bonds is 54. The highest BCUT2D eigenvalue weighted by molar-refractivity contribution is 5.95. The molecular weight excluding hydrogens is 1670 g/mol. The number of hydrogen-bond acceptors (Lipinski definition) is 44. The van der Waals surface area contributed by atoms with Crippen LogP contribution in [-0.2, 0) is 100.0 Å². The summed E-state index contributed by atoms with van der Waals surface area (Å²) in [4.78, 5) is 125. The van der Waals surface area contributed by atoms with Gasteiger partial charge in [-0.25, -0.2) is 0 Å². The second-order valence-electron chi connectivity index (χ2n) is 31.0. The largest absolute Gasteiger partial charge is 0.394 e. The van der Waals surface area contributed by atoms with Crippen molar-refractivity contribution in [3.05, 3.63) is 0 Å². The first-order chi connectivity index (χ1) is 58.9. The number of ketones is 3. The Kier molecular flexibility index (Phi) is 46.8. The molecule has 6 saturated heterocycles. The van der Waals surface area contributed by atoms with Gasteiger partial charge in [-0.1, -0.05) is 0 Å². The third-order valence-electron chi connectivity index (χ3n) is 21.8. The number of aliphatic hydroxyl groups is 22. The fraction of sp³-hybridized carbons (Fsp3) is 0.878. The van der Waals surface area contributed by atoms with Gasteiger partial charge in [0.25, 0.3) is 0 Å². The predicted octanol–water partition coefficient (Wildman–Crippen LogP) is -15.9. The summed E-state index contributed by atoms with van der Waals surface area (Å²) < 4.78 is 66.3. The first-order valence-corrected chi connectivity index (χ1v) is 41.2. The molecule has 0 aromatic rings. The molecule has 6 aliphatic heterocycles. The Morgan fingerprint density at radius 3 is 1.09 bits per heavy atom. The van der Waals surface area contributed by atoms with Gasteiger partial charge in [-0.15, -0.1) is 0 Å². The summed E-state index contributed by atoms with van der Waals surface area (Å²) in [5.74, 6) is -10.1. The summed E-state index contributed by atoms with van der Waals surface area (Å²) in [6.45, 7) is -7.05. The predicted molar refractivity (Wildman–Crippen MR) is 406 cm³/mol. The van der Waals surface area contributed by atoms with E-state index >= 15 is 4.79 Å². The Labute approximate surface area is 710 Å². The highest BCUT2D eigenvalue weighted by Crippen LogP contribution is 2.33. The van der Waals surface area contributed by atoms with E-state index in [1.165, 1.54) is 6.92 Å². The number of ether oxygens (including phenoxy) is 12. The molecule has 124 heavy (non-hydrogen) atoms. The first kappa shape index (κ1) is 107. The minimum absolute atomic E-state index is 0.0676. The monoisotopic (exact) mass is 1800 g/mol. The summed E-state index contributed by atoms with van der Waals surface area (Å²) in [6, 6.07) is -2.60. The SMILES string of the molecule is CC(=O)[C@H](CCCCN)NC(=O)CCCCC(=O)C[C@@H](CCC(=O)NCCO[C@H]1O[C@H](CO)[C@@H](O)[C@H](O)[C@@H]1O)C(=O)N[C@@H](CCC(=O)NCCO[C@H]1O[C@H](CO)[C@@H](O)[C@H](O)[C@@H]1O)C(=O)C[C@@H](CCC(=O)NCCO[C@H]1O[C@H](CO)[C@@H](O)[C@H](O)[C@@H]1O)C(=O)NCCO[C@H]1O[C@H](CO[C@H]2O[C@H](CO)[C@@H](O)[C@H](O)[C@@H]2O)[C@@H](O)[C@H](O[C@H]2O[C@H](CO)[C@@H](O)[C@H](O)[C@@H]2O)[C@@H]1O. The Bertz CT molecular complexity index is 3230. The molecule has 0 spiro atoms. The maximum Gasteiger partial charge on any atom is 0.224 e. The van der Waals surface area contributed by atoms with E-state index in [2.05, 4.69) is 31.9 Å². The topological polar surface area (TPSA) is 808 Å². The molecular formula is C74H127N7O43. The molecule has 6 amide bonds. The van der Waals surface area contributed by atoms with Gasteiger partial charge in [-0.05, 0) is 64.8 Å². The molecule has 6 aliphatic rings. The number of nitrogens with one attached hydrogen (secondary N) is 6. The second kappa shape index (κ2) is 54.2. The molecule has 6 heterocycles. The zero-order valence-corrected chi connectivity index (χ0v) is 68.3. The Hall–Kier alpha value is -5.57. The van der Waals surface area contributed by atoms with Crippen LogP contribution in [0.2, 0.25) is 0 Å². The highest BCUT2D eigenvalue weighted by atomic mass is 16.8. The van der Waals surface area contributed by atoms with Gasteiger partial charge in [-0.3, -0.25) is 43.2 Å². The van der Waals surface area contributed by atoms with Crippen molar-refractivity contribution in [1.82, 2.24) is 31.9 Å². The van der Waals surface area contributed by atoms with Crippen molar-refractivity contribution < 1.29 is 212 Å². The van der Waals surface area contributed by atoms with E-state index in [9.17, 15) is 151 Å². The standard InChI is InChI=1S/C74H127N7O43/c1-32(87)36(7-4-5-15-75)80-48(93)8-3-2-6-35(88)24-33(9-12-45(90)76-16-20-113-69-60(105)55(100)49(94)39(26-82)118-69)68(112)81-37(11-14-47(92)78-18-22-115-71-62(107)57(102)51(96)41(28-84)120-71)38(89)25-34(10-13-46(91)77-17-21-114-70-61(106)56(101)50(95)40(27-83)119-70)67(111)79-19-23-116-73-65(110)66(124-74-64(109)59(104)53(98)43(30-86)122-74)54(99)44(123-73)31-117-72-63(108)58(103)52(97)42(29-85)121-72/h33-34,36-37,39-44,49-66,69-74,82-86,94-110H,2-31,75H2,1H3,(H,76,90)(H,77,91)(H,78,92)(H,79,111)(H,80,93)(H,81,112)/t33-,34-,36+,37+,39-,40-,41-,42-,43-,44-,49-,50-,51-,52-,53-,54-,55+,56+,57+,58+,59+,60+,61+,62+,63+,64+,65+,66+,69+,70+,71+,72+,73+,74-/m1/s1. The minimum Gasteiger partial charge on any atom is -0.394 e. The van der Waals surface area contributed by atoms with Crippen LogP contribution in [-0.4, -0.2) is 460 Å². The van der Waals surface area contributed by atoms with Crippen LogP contribution in [0.15, 0.2) is 0 Å². The number of carbonyl (C=O) groups is 9. The molecule has 50 heteroatoms.